The lowest BCUT2D eigenvalue weighted by molar-refractivity contribution is 0.103. The van der Waals surface area contributed by atoms with Crippen LogP contribution in [-0.2, 0) is 0 Å². The Labute approximate surface area is 190 Å². The number of ketones is 1. The number of aldehydes is 1. The van der Waals surface area contributed by atoms with Crippen molar-refractivity contribution >= 4 is 12.1 Å². The Morgan fingerprint density at radius 3 is 2.24 bits per heavy atom. The van der Waals surface area contributed by atoms with Crippen molar-refractivity contribution in [2.45, 2.75) is 0 Å². The van der Waals surface area contributed by atoms with Crippen molar-refractivity contribution < 1.29 is 23.8 Å². The fraction of sp³-hybridized carbons (Fsp3) is 0.120. The summed E-state index contributed by atoms with van der Waals surface area (Å²) in [5.74, 6) is 0.904. The molecule has 0 aliphatic carbocycles. The number of hydrogen-bond acceptors (Lipinski definition) is 7. The number of aromatic nitrogens is 3. The van der Waals surface area contributed by atoms with Crippen LogP contribution in [0.2, 0.25) is 0 Å². The third-order valence-electron chi connectivity index (χ3n) is 5.19. The molecule has 0 spiro atoms. The highest BCUT2D eigenvalue weighted by atomic mass is 16.5. The average molecular weight is 443 g/mol. The van der Waals surface area contributed by atoms with Gasteiger partial charge in [-0.1, -0.05) is 24.3 Å². The first kappa shape index (κ1) is 21.8. The number of rotatable bonds is 8. The highest BCUT2D eigenvalue weighted by Crippen LogP contribution is 2.39. The highest BCUT2D eigenvalue weighted by molar-refractivity contribution is 6.12. The van der Waals surface area contributed by atoms with Crippen molar-refractivity contribution in [1.29, 1.82) is 0 Å². The van der Waals surface area contributed by atoms with E-state index in [1.807, 2.05) is 24.3 Å². The number of nitrogens with zero attached hydrogens (tertiary/aromatic N) is 3. The molecule has 4 rings (SSSR count). The lowest BCUT2D eigenvalue weighted by Crippen LogP contribution is -2.09. The molecule has 0 aliphatic heterocycles. The summed E-state index contributed by atoms with van der Waals surface area (Å²) in [5.41, 5.74) is 3.54. The molecule has 4 aromatic rings. The van der Waals surface area contributed by atoms with Gasteiger partial charge in [-0.15, -0.1) is 0 Å². The second-order valence-electron chi connectivity index (χ2n) is 7.06. The molecular formula is C25H21N3O5. The van der Waals surface area contributed by atoms with Gasteiger partial charge in [-0.25, -0.2) is 9.67 Å². The van der Waals surface area contributed by atoms with E-state index < -0.39 is 0 Å². The van der Waals surface area contributed by atoms with Crippen LogP contribution < -0.4 is 14.2 Å². The third kappa shape index (κ3) is 4.18. The molecule has 166 valence electrons. The molecule has 0 radical (unpaired) electrons. The van der Waals surface area contributed by atoms with Gasteiger partial charge in [0.25, 0.3) is 0 Å². The maximum Gasteiger partial charge on any atom is 0.203 e. The summed E-state index contributed by atoms with van der Waals surface area (Å²) in [5, 5.41) is 4.21. The molecule has 1 aromatic heterocycles. The van der Waals surface area contributed by atoms with E-state index in [1.165, 1.54) is 38.7 Å². The quantitative estimate of drug-likeness (QED) is 0.300. The topological polar surface area (TPSA) is 92.5 Å². The molecule has 3 aromatic carbocycles. The summed E-state index contributed by atoms with van der Waals surface area (Å²) in [4.78, 5) is 28.8. The van der Waals surface area contributed by atoms with E-state index in [9.17, 15) is 9.59 Å². The molecule has 8 heteroatoms. The minimum absolute atomic E-state index is 0.257. The first-order valence-electron chi connectivity index (χ1n) is 9.99. The van der Waals surface area contributed by atoms with Crippen LogP contribution in [-0.4, -0.2) is 48.2 Å². The summed E-state index contributed by atoms with van der Waals surface area (Å²) in [6, 6.07) is 15.8. The number of benzene rings is 3. The van der Waals surface area contributed by atoms with E-state index in [0.717, 1.165) is 17.4 Å². The van der Waals surface area contributed by atoms with Gasteiger partial charge in [-0.3, -0.25) is 9.59 Å². The van der Waals surface area contributed by atoms with Crippen molar-refractivity contribution in [2.75, 3.05) is 21.3 Å². The lowest BCUT2D eigenvalue weighted by atomic mass is 9.96. The van der Waals surface area contributed by atoms with Gasteiger partial charge in [-0.05, 0) is 41.5 Å². The molecule has 0 unspecified atom stereocenters. The van der Waals surface area contributed by atoms with E-state index in [1.54, 1.807) is 30.3 Å². The first-order chi connectivity index (χ1) is 16.1. The number of carbonyl (C=O) groups excluding carboxylic acids is 2. The van der Waals surface area contributed by atoms with E-state index in [2.05, 4.69) is 10.1 Å². The van der Waals surface area contributed by atoms with Crippen LogP contribution in [0.4, 0.5) is 0 Å². The smallest absolute Gasteiger partial charge is 0.203 e. The molecule has 0 atom stereocenters. The monoisotopic (exact) mass is 443 g/mol. The van der Waals surface area contributed by atoms with Crippen LogP contribution in [0.1, 0.15) is 26.3 Å². The average Bonchev–Trinajstić information content (AvgIpc) is 3.42. The maximum absolute atomic E-state index is 13.6. The molecule has 0 amide bonds. The van der Waals surface area contributed by atoms with Crippen molar-refractivity contribution in [3.8, 4) is 34.1 Å². The van der Waals surface area contributed by atoms with Crippen molar-refractivity contribution in [3.05, 3.63) is 83.9 Å². The Morgan fingerprint density at radius 2 is 1.64 bits per heavy atom. The van der Waals surface area contributed by atoms with Gasteiger partial charge in [0.2, 0.25) is 5.75 Å². The molecule has 0 bridgehead atoms. The van der Waals surface area contributed by atoms with Gasteiger partial charge in [0.15, 0.2) is 17.3 Å². The fourth-order valence-electron chi connectivity index (χ4n) is 3.58. The van der Waals surface area contributed by atoms with Crippen LogP contribution in [0, 0.1) is 0 Å². The van der Waals surface area contributed by atoms with Crippen LogP contribution in [0.3, 0.4) is 0 Å². The van der Waals surface area contributed by atoms with Gasteiger partial charge in [0, 0.05) is 16.7 Å². The van der Waals surface area contributed by atoms with E-state index in [0.29, 0.717) is 39.6 Å². The normalized spacial score (nSPS) is 10.5. The van der Waals surface area contributed by atoms with E-state index in [4.69, 9.17) is 14.2 Å². The van der Waals surface area contributed by atoms with Gasteiger partial charge in [0.1, 0.15) is 18.9 Å². The number of ether oxygens (including phenoxy) is 3. The van der Waals surface area contributed by atoms with Crippen LogP contribution in [0.15, 0.2) is 67.3 Å². The SMILES string of the molecule is COc1cc(C(=O)c2ccc(-c3cccc(C=O)c3)cc2-n2cncn2)cc(OC)c1OC. The predicted molar refractivity (Wildman–Crippen MR) is 122 cm³/mol. The molecule has 0 saturated carbocycles. The van der Waals surface area contributed by atoms with Gasteiger partial charge < -0.3 is 14.2 Å². The minimum atomic E-state index is -0.257. The lowest BCUT2D eigenvalue weighted by Gasteiger charge is -2.15. The summed E-state index contributed by atoms with van der Waals surface area (Å²) in [6.45, 7) is 0. The highest BCUT2D eigenvalue weighted by Gasteiger charge is 2.21. The minimum Gasteiger partial charge on any atom is -0.493 e. The molecule has 0 saturated heterocycles. The third-order valence-corrected chi connectivity index (χ3v) is 5.19. The Bertz CT molecular complexity index is 1290. The second-order valence-corrected chi connectivity index (χ2v) is 7.06. The zero-order chi connectivity index (χ0) is 23.4. The van der Waals surface area contributed by atoms with Crippen LogP contribution in [0.5, 0.6) is 17.2 Å². The number of carbonyl (C=O) groups is 2. The summed E-state index contributed by atoms with van der Waals surface area (Å²) in [6.07, 6.45) is 3.71. The molecule has 0 fully saturated rings. The molecule has 33 heavy (non-hydrogen) atoms. The zero-order valence-electron chi connectivity index (χ0n) is 18.3. The number of hydrogen-bond donors (Lipinski definition) is 0. The zero-order valence-corrected chi connectivity index (χ0v) is 18.3. The van der Waals surface area contributed by atoms with Crippen molar-refractivity contribution in [3.63, 3.8) is 0 Å². The largest absolute Gasteiger partial charge is 0.493 e. The van der Waals surface area contributed by atoms with E-state index in [-0.39, 0.29) is 5.78 Å². The Balaban J connectivity index is 1.85. The summed E-state index contributed by atoms with van der Waals surface area (Å²) in [7, 11) is 4.49. The summed E-state index contributed by atoms with van der Waals surface area (Å²) >= 11 is 0. The molecule has 0 N–H and O–H groups in total. The van der Waals surface area contributed by atoms with Crippen molar-refractivity contribution in [1.82, 2.24) is 14.8 Å². The summed E-state index contributed by atoms with van der Waals surface area (Å²) < 4.78 is 17.7. The molecule has 8 nitrogen and oxygen atoms in total. The van der Waals surface area contributed by atoms with Crippen LogP contribution >= 0.6 is 0 Å². The molecular weight excluding hydrogens is 422 g/mol. The van der Waals surface area contributed by atoms with Gasteiger partial charge >= 0.3 is 0 Å². The van der Waals surface area contributed by atoms with Gasteiger partial charge in [0.05, 0.1) is 27.0 Å². The number of methoxy groups -OCH3 is 3. The predicted octanol–water partition coefficient (Wildman–Crippen LogP) is 4.00. The second kappa shape index (κ2) is 9.35. The standard InChI is InChI=1S/C25H21N3O5/c1-31-22-11-19(12-23(32-2)25(22)33-3)24(30)20-8-7-18(10-21(20)28-15-26-14-27-28)17-6-4-5-16(9-17)13-29/h4-15H,1-3H3. The van der Waals surface area contributed by atoms with E-state index >= 15 is 0 Å². The Morgan fingerprint density at radius 1 is 0.909 bits per heavy atom. The fourth-order valence-corrected chi connectivity index (χ4v) is 3.58. The molecule has 0 aliphatic rings. The molecule has 1 heterocycles. The Kier molecular flexibility index (Phi) is 6.17. The maximum atomic E-state index is 13.6. The van der Waals surface area contributed by atoms with Gasteiger partial charge in [-0.2, -0.15) is 5.10 Å². The first-order valence-corrected chi connectivity index (χ1v) is 9.99. The Hall–Kier alpha value is -4.46. The van der Waals surface area contributed by atoms with Crippen LogP contribution in [0.25, 0.3) is 16.8 Å². The van der Waals surface area contributed by atoms with Crippen molar-refractivity contribution in [2.24, 2.45) is 0 Å².